The molecule has 100 valence electrons. The molecule has 0 aromatic carbocycles. The third-order valence-electron chi connectivity index (χ3n) is 1.89. The maximum Gasteiger partial charge on any atom is 0.355 e. The van der Waals surface area contributed by atoms with Gasteiger partial charge in [0.2, 0.25) is 0 Å². The van der Waals surface area contributed by atoms with Gasteiger partial charge in [0.05, 0.1) is 11.4 Å². The molecule has 0 amide bonds. The zero-order valence-electron chi connectivity index (χ0n) is 10.9. The molecule has 0 radical (unpaired) electrons. The Morgan fingerprint density at radius 1 is 1.41 bits per heavy atom. The molecule has 5 nitrogen and oxygen atoms in total. The van der Waals surface area contributed by atoms with Crippen LogP contribution in [0.5, 0.6) is 0 Å². The molecule has 0 aromatic heterocycles. The minimum absolute atomic E-state index is 0.159. The van der Waals surface area contributed by atoms with Gasteiger partial charge in [-0.2, -0.15) is 5.10 Å². The van der Waals surface area contributed by atoms with Gasteiger partial charge >= 0.3 is 5.97 Å². The third-order valence-corrected chi connectivity index (χ3v) is 2.65. The Hall–Kier alpha value is -0.620. The Morgan fingerprint density at radius 3 is 2.53 bits per heavy atom. The molecule has 0 heterocycles. The summed E-state index contributed by atoms with van der Waals surface area (Å²) in [6.45, 7) is 7.92. The number of carbonyl (C=O) groups excluding carboxylic acids is 1. The molecule has 0 rings (SSSR count). The monoisotopic (exact) mass is 307 g/mol. The fraction of sp³-hybridized carbons (Fsp3) is 0.818. The van der Waals surface area contributed by atoms with Crippen LogP contribution in [0.4, 0.5) is 0 Å². The molecule has 2 N–H and O–H groups in total. The zero-order valence-corrected chi connectivity index (χ0v) is 12.5. The van der Waals surface area contributed by atoms with Gasteiger partial charge in [-0.05, 0) is 19.4 Å². The topological polar surface area (TPSA) is 62.7 Å². The molecular formula is C11H22BrN3O2. The van der Waals surface area contributed by atoms with Crippen molar-refractivity contribution in [1.29, 1.82) is 0 Å². The lowest BCUT2D eigenvalue weighted by molar-refractivity contribution is -0.135. The molecule has 0 aliphatic rings. The van der Waals surface area contributed by atoms with Crippen LogP contribution in [-0.4, -0.2) is 43.3 Å². The van der Waals surface area contributed by atoms with Gasteiger partial charge in [-0.25, -0.2) is 4.79 Å². The Labute approximate surface area is 111 Å². The van der Waals surface area contributed by atoms with Crippen molar-refractivity contribution in [2.45, 2.75) is 25.6 Å². The number of esters is 1. The molecular weight excluding hydrogens is 286 g/mol. The van der Waals surface area contributed by atoms with Crippen LogP contribution in [0, 0.1) is 5.92 Å². The number of rotatable bonds is 8. The summed E-state index contributed by atoms with van der Waals surface area (Å²) >= 11 is 3.43. The number of hydrogen-bond acceptors (Lipinski definition) is 5. The lowest BCUT2D eigenvalue weighted by atomic mass is 10.2. The first-order valence-corrected chi connectivity index (χ1v) is 6.70. The normalized spacial score (nSPS) is 13.6. The van der Waals surface area contributed by atoms with E-state index in [-0.39, 0.29) is 4.83 Å². The van der Waals surface area contributed by atoms with Gasteiger partial charge in [0, 0.05) is 13.6 Å². The fourth-order valence-corrected chi connectivity index (χ4v) is 1.68. The van der Waals surface area contributed by atoms with Gasteiger partial charge in [0.1, 0.15) is 0 Å². The maximum absolute atomic E-state index is 11.6. The van der Waals surface area contributed by atoms with Crippen molar-refractivity contribution < 1.29 is 9.53 Å². The van der Waals surface area contributed by atoms with Gasteiger partial charge in [-0.15, -0.1) is 0 Å². The van der Waals surface area contributed by atoms with Crippen molar-refractivity contribution in [2.75, 3.05) is 26.7 Å². The molecule has 1 unspecified atom stereocenters. The first-order valence-electron chi connectivity index (χ1n) is 5.79. The minimum Gasteiger partial charge on any atom is -0.461 e. The number of alkyl halides is 1. The van der Waals surface area contributed by atoms with E-state index in [1.807, 2.05) is 0 Å². The van der Waals surface area contributed by atoms with E-state index >= 15 is 0 Å². The first-order chi connectivity index (χ1) is 8.02. The van der Waals surface area contributed by atoms with Crippen LogP contribution in [0.3, 0.4) is 0 Å². The Balaban J connectivity index is 4.30. The van der Waals surface area contributed by atoms with Gasteiger partial charge < -0.3 is 15.5 Å². The van der Waals surface area contributed by atoms with Crippen LogP contribution < -0.4 is 10.7 Å². The summed E-state index contributed by atoms with van der Waals surface area (Å²) in [4.78, 5) is 11.5. The quantitative estimate of drug-likeness (QED) is 0.305. The number of nitrogens with one attached hydrogen (secondary N) is 2. The summed E-state index contributed by atoms with van der Waals surface area (Å²) in [5.74, 6) is 0.178. The maximum atomic E-state index is 11.6. The largest absolute Gasteiger partial charge is 0.461 e. The Bertz CT molecular complexity index is 257. The van der Waals surface area contributed by atoms with Crippen LogP contribution in [0.2, 0.25) is 0 Å². The summed E-state index contributed by atoms with van der Waals surface area (Å²) in [5.41, 5.74) is 2.97. The highest BCUT2D eigenvalue weighted by Gasteiger charge is 2.21. The van der Waals surface area contributed by atoms with Crippen LogP contribution in [-0.2, 0) is 9.53 Å². The summed E-state index contributed by atoms with van der Waals surface area (Å²) in [7, 11) is 1.65. The van der Waals surface area contributed by atoms with Crippen LogP contribution in [0.25, 0.3) is 0 Å². The lowest BCUT2D eigenvalue weighted by Gasteiger charge is -2.14. The zero-order chi connectivity index (χ0) is 13.3. The summed E-state index contributed by atoms with van der Waals surface area (Å²) in [6, 6.07) is 0. The molecule has 0 spiro atoms. The van der Waals surface area contributed by atoms with E-state index in [4.69, 9.17) is 4.74 Å². The van der Waals surface area contributed by atoms with Gasteiger partial charge in [0.25, 0.3) is 0 Å². The second-order valence-corrected chi connectivity index (χ2v) is 5.07. The molecule has 1 atom stereocenters. The minimum atomic E-state index is -0.393. The molecule has 0 saturated heterocycles. The average Bonchev–Trinajstić information content (AvgIpc) is 2.25. The SMILES string of the molecule is CCOC(=O)/C(=N/NC)C(Br)CNCC(C)C. The van der Waals surface area contributed by atoms with Gasteiger partial charge in [-0.1, -0.05) is 29.8 Å². The highest BCUT2D eigenvalue weighted by atomic mass is 79.9. The number of halogens is 1. The lowest BCUT2D eigenvalue weighted by Crippen LogP contribution is -2.36. The first kappa shape index (κ1) is 16.4. The van der Waals surface area contributed by atoms with E-state index in [9.17, 15) is 4.79 Å². The van der Waals surface area contributed by atoms with Crippen molar-refractivity contribution >= 4 is 27.6 Å². The molecule has 0 aliphatic carbocycles. The molecule has 0 aromatic rings. The second kappa shape index (κ2) is 9.41. The fourth-order valence-electron chi connectivity index (χ4n) is 1.16. The number of hydrazone groups is 1. The van der Waals surface area contributed by atoms with E-state index in [0.29, 0.717) is 24.8 Å². The van der Waals surface area contributed by atoms with E-state index in [2.05, 4.69) is 45.6 Å². The summed E-state index contributed by atoms with van der Waals surface area (Å²) in [5, 5.41) is 7.20. The number of hydrogen-bond donors (Lipinski definition) is 2. The number of nitrogens with zero attached hydrogens (tertiary/aromatic N) is 1. The predicted molar refractivity (Wildman–Crippen MR) is 73.6 cm³/mol. The van der Waals surface area contributed by atoms with Crippen LogP contribution >= 0.6 is 15.9 Å². The molecule has 0 saturated carbocycles. The van der Waals surface area contributed by atoms with Crippen molar-refractivity contribution in [1.82, 2.24) is 10.7 Å². The summed E-state index contributed by atoms with van der Waals surface area (Å²) in [6.07, 6.45) is 0. The van der Waals surface area contributed by atoms with E-state index in [1.54, 1.807) is 14.0 Å². The smallest absolute Gasteiger partial charge is 0.355 e. The second-order valence-electron chi connectivity index (χ2n) is 3.96. The number of ether oxygens (including phenoxy) is 1. The highest BCUT2D eigenvalue weighted by Crippen LogP contribution is 2.04. The molecule has 6 heteroatoms. The van der Waals surface area contributed by atoms with Crippen molar-refractivity contribution in [3.8, 4) is 0 Å². The molecule has 0 fully saturated rings. The van der Waals surface area contributed by atoms with Crippen LogP contribution in [0.15, 0.2) is 5.10 Å². The average molecular weight is 308 g/mol. The van der Waals surface area contributed by atoms with E-state index in [1.165, 1.54) is 0 Å². The van der Waals surface area contributed by atoms with Gasteiger partial charge in [0.15, 0.2) is 5.71 Å². The van der Waals surface area contributed by atoms with Crippen molar-refractivity contribution in [2.24, 2.45) is 11.0 Å². The van der Waals surface area contributed by atoms with Crippen molar-refractivity contribution in [3.05, 3.63) is 0 Å². The molecule has 0 bridgehead atoms. The Morgan fingerprint density at radius 2 is 2.06 bits per heavy atom. The van der Waals surface area contributed by atoms with Crippen LogP contribution in [0.1, 0.15) is 20.8 Å². The summed E-state index contributed by atoms with van der Waals surface area (Å²) < 4.78 is 4.94. The molecule has 17 heavy (non-hydrogen) atoms. The Kier molecular flexibility index (Phi) is 9.07. The molecule has 0 aliphatic heterocycles. The number of carbonyl (C=O) groups is 1. The van der Waals surface area contributed by atoms with E-state index in [0.717, 1.165) is 6.54 Å². The van der Waals surface area contributed by atoms with E-state index < -0.39 is 5.97 Å². The van der Waals surface area contributed by atoms with Crippen molar-refractivity contribution in [3.63, 3.8) is 0 Å². The van der Waals surface area contributed by atoms with Gasteiger partial charge in [-0.3, -0.25) is 0 Å². The third kappa shape index (κ3) is 7.33. The highest BCUT2D eigenvalue weighted by molar-refractivity contribution is 9.10. The standard InChI is InChI=1S/C11H22BrN3O2/c1-5-17-11(16)10(15-13-4)9(12)7-14-6-8(2)3/h8-9,13-14H,5-7H2,1-4H3/b15-10+. The predicted octanol–water partition coefficient (Wildman–Crippen LogP) is 1.13.